The fourth-order valence-corrected chi connectivity index (χ4v) is 3.58. The number of ether oxygens (including phenoxy) is 3. The van der Waals surface area contributed by atoms with Crippen LogP contribution in [0.25, 0.3) is 0 Å². The standard InChI is InChI=1S/C21H22N2O5/c1-21(2)8-15(24)19-16(9-21)28-20(23)14(10-22)18(19)12-4-6-13(7-5-12)27-11-17(25)26-3/h4-7,18H,8-9,11,23H2,1-3H3. The van der Waals surface area contributed by atoms with Gasteiger partial charge in [0.1, 0.15) is 23.2 Å². The van der Waals surface area contributed by atoms with Gasteiger partial charge >= 0.3 is 5.97 Å². The van der Waals surface area contributed by atoms with E-state index in [1.807, 2.05) is 13.8 Å². The number of carbonyl (C=O) groups is 2. The Bertz CT molecular complexity index is 919. The summed E-state index contributed by atoms with van der Waals surface area (Å²) in [5.41, 5.74) is 7.21. The van der Waals surface area contributed by atoms with E-state index >= 15 is 0 Å². The molecule has 1 aromatic carbocycles. The second-order valence-corrected chi connectivity index (χ2v) is 7.64. The second-order valence-electron chi connectivity index (χ2n) is 7.64. The number of Topliss-reactive ketones (excluding diaryl/α,β-unsaturated/α-hetero) is 1. The maximum atomic E-state index is 12.9. The Hall–Kier alpha value is -3.27. The topological polar surface area (TPSA) is 112 Å². The molecule has 2 aliphatic rings. The predicted octanol–water partition coefficient (Wildman–Crippen LogP) is 2.69. The van der Waals surface area contributed by atoms with Gasteiger partial charge in [-0.25, -0.2) is 4.79 Å². The average molecular weight is 382 g/mol. The van der Waals surface area contributed by atoms with Crippen LogP contribution in [0, 0.1) is 16.7 Å². The number of rotatable bonds is 4. The zero-order valence-corrected chi connectivity index (χ0v) is 16.1. The Kier molecular flexibility index (Phi) is 5.14. The van der Waals surface area contributed by atoms with Crippen molar-refractivity contribution in [2.45, 2.75) is 32.6 Å². The monoisotopic (exact) mass is 382 g/mol. The summed E-state index contributed by atoms with van der Waals surface area (Å²) in [4.78, 5) is 24.1. The van der Waals surface area contributed by atoms with Crippen molar-refractivity contribution in [3.8, 4) is 11.8 Å². The van der Waals surface area contributed by atoms with Crippen molar-refractivity contribution in [1.29, 1.82) is 5.26 Å². The average Bonchev–Trinajstić information content (AvgIpc) is 2.64. The molecule has 0 bridgehead atoms. The zero-order chi connectivity index (χ0) is 20.5. The first kappa shape index (κ1) is 19.5. The Labute approximate surface area is 163 Å². The third-order valence-corrected chi connectivity index (χ3v) is 4.87. The first-order valence-corrected chi connectivity index (χ1v) is 8.89. The summed E-state index contributed by atoms with van der Waals surface area (Å²) in [6.45, 7) is 3.80. The zero-order valence-electron chi connectivity index (χ0n) is 16.1. The molecule has 0 radical (unpaired) electrons. The number of benzene rings is 1. The number of methoxy groups -OCH3 is 1. The number of carbonyl (C=O) groups excluding carboxylic acids is 2. The van der Waals surface area contributed by atoms with Gasteiger partial charge in [0, 0.05) is 18.4 Å². The summed E-state index contributed by atoms with van der Waals surface area (Å²) >= 11 is 0. The van der Waals surface area contributed by atoms with Gasteiger partial charge in [0.15, 0.2) is 12.4 Å². The SMILES string of the molecule is COC(=O)COc1ccc(C2C(C#N)=C(N)OC3=C2C(=O)CC(C)(C)C3)cc1. The highest BCUT2D eigenvalue weighted by Crippen LogP contribution is 2.47. The third-order valence-electron chi connectivity index (χ3n) is 4.87. The highest BCUT2D eigenvalue weighted by atomic mass is 16.6. The molecule has 0 fully saturated rings. The first-order chi connectivity index (χ1) is 13.3. The van der Waals surface area contributed by atoms with Gasteiger partial charge in [0.25, 0.3) is 0 Å². The van der Waals surface area contributed by atoms with Crippen LogP contribution in [-0.2, 0) is 19.1 Å². The van der Waals surface area contributed by atoms with Crippen molar-refractivity contribution < 1.29 is 23.8 Å². The van der Waals surface area contributed by atoms with Crippen LogP contribution in [0.15, 0.2) is 47.1 Å². The van der Waals surface area contributed by atoms with E-state index in [9.17, 15) is 14.9 Å². The Balaban J connectivity index is 1.96. The molecule has 0 aromatic heterocycles. The third kappa shape index (κ3) is 3.72. The summed E-state index contributed by atoms with van der Waals surface area (Å²) < 4.78 is 15.6. The van der Waals surface area contributed by atoms with E-state index in [1.165, 1.54) is 7.11 Å². The van der Waals surface area contributed by atoms with E-state index in [1.54, 1.807) is 24.3 Å². The minimum absolute atomic E-state index is 0.0303. The van der Waals surface area contributed by atoms with E-state index in [4.69, 9.17) is 15.2 Å². The lowest BCUT2D eigenvalue weighted by molar-refractivity contribution is -0.142. The molecule has 1 aliphatic heterocycles. The van der Waals surface area contributed by atoms with Crippen LogP contribution in [0.3, 0.4) is 0 Å². The molecule has 2 N–H and O–H groups in total. The number of hydrogen-bond acceptors (Lipinski definition) is 7. The molecule has 7 heteroatoms. The van der Waals surface area contributed by atoms with Crippen molar-refractivity contribution in [1.82, 2.24) is 0 Å². The van der Waals surface area contributed by atoms with Crippen molar-refractivity contribution in [2.75, 3.05) is 13.7 Å². The molecule has 1 aliphatic carbocycles. The van der Waals surface area contributed by atoms with Crippen LogP contribution in [0.1, 0.15) is 38.2 Å². The van der Waals surface area contributed by atoms with Gasteiger partial charge in [-0.2, -0.15) is 5.26 Å². The van der Waals surface area contributed by atoms with Crippen molar-refractivity contribution in [2.24, 2.45) is 11.1 Å². The first-order valence-electron chi connectivity index (χ1n) is 8.89. The van der Waals surface area contributed by atoms with Gasteiger partial charge < -0.3 is 19.9 Å². The molecule has 1 aromatic rings. The number of esters is 1. The highest BCUT2D eigenvalue weighted by molar-refractivity contribution is 6.00. The Morgan fingerprint density at radius 2 is 2.00 bits per heavy atom. The molecule has 7 nitrogen and oxygen atoms in total. The van der Waals surface area contributed by atoms with Crippen molar-refractivity contribution in [3.63, 3.8) is 0 Å². The molecule has 0 saturated heterocycles. The van der Waals surface area contributed by atoms with Crippen LogP contribution in [-0.4, -0.2) is 25.5 Å². The normalized spacial score (nSPS) is 20.8. The van der Waals surface area contributed by atoms with E-state index in [0.29, 0.717) is 29.9 Å². The van der Waals surface area contributed by atoms with Gasteiger partial charge in [0.05, 0.1) is 13.0 Å². The Morgan fingerprint density at radius 3 is 2.61 bits per heavy atom. The van der Waals surface area contributed by atoms with Crippen LogP contribution in [0.5, 0.6) is 5.75 Å². The fraction of sp³-hybridized carbons (Fsp3) is 0.381. The fourth-order valence-electron chi connectivity index (χ4n) is 3.58. The maximum Gasteiger partial charge on any atom is 0.343 e. The largest absolute Gasteiger partial charge is 0.482 e. The molecule has 28 heavy (non-hydrogen) atoms. The number of nitrogens with two attached hydrogens (primary N) is 1. The minimum atomic E-state index is -0.577. The van der Waals surface area contributed by atoms with E-state index in [0.717, 1.165) is 5.56 Å². The molecule has 0 amide bonds. The van der Waals surface area contributed by atoms with Gasteiger partial charge in [-0.05, 0) is 23.1 Å². The maximum absolute atomic E-state index is 12.9. The molecule has 1 atom stereocenters. The van der Waals surface area contributed by atoms with Crippen molar-refractivity contribution >= 4 is 11.8 Å². The lowest BCUT2D eigenvalue weighted by Gasteiger charge is -2.37. The molecular formula is C21H22N2O5. The summed E-state index contributed by atoms with van der Waals surface area (Å²) in [5, 5.41) is 9.62. The number of hydrogen-bond donors (Lipinski definition) is 1. The minimum Gasteiger partial charge on any atom is -0.482 e. The van der Waals surface area contributed by atoms with E-state index < -0.39 is 11.9 Å². The van der Waals surface area contributed by atoms with Crippen LogP contribution >= 0.6 is 0 Å². The molecule has 0 spiro atoms. The molecule has 1 heterocycles. The molecule has 0 saturated carbocycles. The number of nitriles is 1. The number of allylic oxidation sites excluding steroid dienone is 3. The molecular weight excluding hydrogens is 360 g/mol. The quantitative estimate of drug-likeness (QED) is 0.797. The molecule has 1 unspecified atom stereocenters. The van der Waals surface area contributed by atoms with Gasteiger partial charge in [-0.1, -0.05) is 26.0 Å². The number of ketones is 1. The van der Waals surface area contributed by atoms with Crippen LogP contribution in [0.2, 0.25) is 0 Å². The number of nitrogens with zero attached hydrogens (tertiary/aromatic N) is 1. The highest BCUT2D eigenvalue weighted by Gasteiger charge is 2.42. The molecule has 3 rings (SSSR count). The lowest BCUT2D eigenvalue weighted by Crippen LogP contribution is -2.33. The Morgan fingerprint density at radius 1 is 1.32 bits per heavy atom. The van der Waals surface area contributed by atoms with Crippen LogP contribution in [0.4, 0.5) is 0 Å². The van der Waals surface area contributed by atoms with Crippen molar-refractivity contribution in [3.05, 3.63) is 52.6 Å². The van der Waals surface area contributed by atoms with E-state index in [-0.39, 0.29) is 29.3 Å². The molecule has 146 valence electrons. The summed E-state index contributed by atoms with van der Waals surface area (Å²) in [6.07, 6.45) is 0.953. The van der Waals surface area contributed by atoms with Crippen LogP contribution < -0.4 is 10.5 Å². The van der Waals surface area contributed by atoms with Gasteiger partial charge in [-0.3, -0.25) is 4.79 Å². The summed E-state index contributed by atoms with van der Waals surface area (Å²) in [6, 6.07) is 8.95. The van der Waals surface area contributed by atoms with Gasteiger partial charge in [0.2, 0.25) is 5.88 Å². The smallest absolute Gasteiger partial charge is 0.343 e. The second kappa shape index (κ2) is 7.39. The summed E-state index contributed by atoms with van der Waals surface area (Å²) in [7, 11) is 1.29. The lowest BCUT2D eigenvalue weighted by atomic mass is 9.70. The predicted molar refractivity (Wildman–Crippen MR) is 99.7 cm³/mol. The van der Waals surface area contributed by atoms with Gasteiger partial charge in [-0.15, -0.1) is 0 Å². The summed E-state index contributed by atoms with van der Waals surface area (Å²) in [5.74, 6) is -0.0609. The van der Waals surface area contributed by atoms with E-state index in [2.05, 4.69) is 10.8 Å².